The molecular formula is C11H9NO4S. The quantitative estimate of drug-likeness (QED) is 0.500. The maximum absolute atomic E-state index is 11.4. The van der Waals surface area contributed by atoms with E-state index in [1.54, 1.807) is 6.07 Å². The molecule has 0 fully saturated rings. The van der Waals surface area contributed by atoms with Gasteiger partial charge in [-0.15, -0.1) is 0 Å². The van der Waals surface area contributed by atoms with E-state index >= 15 is 0 Å². The highest BCUT2D eigenvalue weighted by Crippen LogP contribution is 2.22. The third-order valence-electron chi connectivity index (χ3n) is 2.45. The second-order valence-electron chi connectivity index (χ2n) is 3.66. The zero-order valence-electron chi connectivity index (χ0n) is 8.93. The fourth-order valence-corrected chi connectivity index (χ4v) is 2.24. The summed E-state index contributed by atoms with van der Waals surface area (Å²) < 4.78 is 22.8. The Kier molecular flexibility index (Phi) is 2.59. The average molecular weight is 251 g/mol. The fraction of sp³-hybridized carbons (Fsp3) is 0.0909. The summed E-state index contributed by atoms with van der Waals surface area (Å²) >= 11 is 0. The standard InChI is InChI=1S/C11H9NO4S/c1-17(15,16)7-2-3-10-8(4-7)9(5-12-10)11(14)6-13/h2-6,12H,1H3. The minimum Gasteiger partial charge on any atom is -0.360 e. The minimum atomic E-state index is -3.33. The van der Waals surface area contributed by atoms with Crippen LogP contribution in [0.3, 0.4) is 0 Å². The van der Waals surface area contributed by atoms with Crippen molar-refractivity contribution in [2.75, 3.05) is 6.26 Å². The molecule has 1 aromatic heterocycles. The Labute approximate surface area is 97.4 Å². The number of nitrogens with one attached hydrogen (secondary N) is 1. The van der Waals surface area contributed by atoms with Crippen LogP contribution in [0.1, 0.15) is 10.4 Å². The van der Waals surface area contributed by atoms with Crippen molar-refractivity contribution in [3.05, 3.63) is 30.0 Å². The first-order chi connectivity index (χ1) is 7.93. The van der Waals surface area contributed by atoms with Crippen molar-refractivity contribution in [3.63, 3.8) is 0 Å². The summed E-state index contributed by atoms with van der Waals surface area (Å²) in [4.78, 5) is 24.7. The lowest BCUT2D eigenvalue weighted by Gasteiger charge is -1.99. The Hall–Kier alpha value is -1.95. The zero-order valence-corrected chi connectivity index (χ0v) is 9.74. The van der Waals surface area contributed by atoms with E-state index in [-0.39, 0.29) is 16.7 Å². The molecule has 5 nitrogen and oxygen atoms in total. The first-order valence-electron chi connectivity index (χ1n) is 4.74. The number of aldehydes is 1. The smallest absolute Gasteiger partial charge is 0.227 e. The topological polar surface area (TPSA) is 84.1 Å². The predicted molar refractivity (Wildman–Crippen MR) is 61.8 cm³/mol. The molecule has 0 saturated carbocycles. The Morgan fingerprint density at radius 3 is 2.65 bits per heavy atom. The number of benzene rings is 1. The number of hydrogen-bond acceptors (Lipinski definition) is 4. The molecule has 0 saturated heterocycles. The van der Waals surface area contributed by atoms with E-state index in [1.807, 2.05) is 0 Å². The molecule has 88 valence electrons. The summed E-state index contributed by atoms with van der Waals surface area (Å²) in [7, 11) is -3.33. The molecule has 0 aliphatic rings. The Balaban J connectivity index is 2.75. The number of carbonyl (C=O) groups is 2. The van der Waals surface area contributed by atoms with Gasteiger partial charge in [0.1, 0.15) is 0 Å². The molecule has 0 atom stereocenters. The molecule has 2 rings (SSSR count). The lowest BCUT2D eigenvalue weighted by atomic mass is 10.1. The van der Waals surface area contributed by atoms with Crippen LogP contribution < -0.4 is 0 Å². The third kappa shape index (κ3) is 1.99. The molecule has 0 bridgehead atoms. The van der Waals surface area contributed by atoms with Crippen LogP contribution in [0.2, 0.25) is 0 Å². The van der Waals surface area contributed by atoms with E-state index in [0.29, 0.717) is 10.9 Å². The van der Waals surface area contributed by atoms with Crippen molar-refractivity contribution >= 4 is 32.8 Å². The number of aromatic amines is 1. The maximum Gasteiger partial charge on any atom is 0.227 e. The third-order valence-corrected chi connectivity index (χ3v) is 3.56. The van der Waals surface area contributed by atoms with Crippen molar-refractivity contribution in [1.82, 2.24) is 4.98 Å². The van der Waals surface area contributed by atoms with Crippen LogP contribution in [0.4, 0.5) is 0 Å². The number of rotatable bonds is 3. The molecule has 0 unspecified atom stereocenters. The second kappa shape index (κ2) is 3.81. The van der Waals surface area contributed by atoms with Gasteiger partial charge in [0.15, 0.2) is 16.1 Å². The van der Waals surface area contributed by atoms with Gasteiger partial charge in [-0.3, -0.25) is 9.59 Å². The maximum atomic E-state index is 11.4. The summed E-state index contributed by atoms with van der Waals surface area (Å²) in [6.07, 6.45) is 2.69. The van der Waals surface area contributed by atoms with Gasteiger partial charge in [0, 0.05) is 23.4 Å². The van der Waals surface area contributed by atoms with Crippen LogP contribution >= 0.6 is 0 Å². The highest BCUT2D eigenvalue weighted by atomic mass is 32.2. The zero-order chi connectivity index (χ0) is 12.6. The molecule has 0 aliphatic carbocycles. The first-order valence-corrected chi connectivity index (χ1v) is 6.63. The van der Waals surface area contributed by atoms with Crippen LogP contribution in [0.5, 0.6) is 0 Å². The highest BCUT2D eigenvalue weighted by Gasteiger charge is 2.14. The summed E-state index contributed by atoms with van der Waals surface area (Å²) in [6.45, 7) is 0. The molecule has 6 heteroatoms. The minimum absolute atomic E-state index is 0.115. The van der Waals surface area contributed by atoms with E-state index < -0.39 is 15.6 Å². The number of Topliss-reactive ketones (excluding diaryl/α,β-unsaturated/α-hetero) is 1. The Morgan fingerprint density at radius 1 is 1.35 bits per heavy atom. The number of fused-ring (bicyclic) bond motifs is 1. The Morgan fingerprint density at radius 2 is 2.06 bits per heavy atom. The SMILES string of the molecule is CS(=O)(=O)c1ccc2[nH]cc(C(=O)C=O)c2c1. The van der Waals surface area contributed by atoms with Crippen LogP contribution in [-0.4, -0.2) is 31.7 Å². The van der Waals surface area contributed by atoms with Crippen molar-refractivity contribution in [2.24, 2.45) is 0 Å². The van der Waals surface area contributed by atoms with Gasteiger partial charge in [0.25, 0.3) is 0 Å². The van der Waals surface area contributed by atoms with E-state index in [2.05, 4.69) is 4.98 Å². The largest absolute Gasteiger partial charge is 0.360 e. The Bertz CT molecular complexity index is 712. The first kappa shape index (κ1) is 11.5. The van der Waals surface area contributed by atoms with Gasteiger partial charge in [0.05, 0.1) is 10.5 Å². The van der Waals surface area contributed by atoms with Gasteiger partial charge >= 0.3 is 0 Å². The second-order valence-corrected chi connectivity index (χ2v) is 5.68. The average Bonchev–Trinajstić information content (AvgIpc) is 2.69. The number of hydrogen-bond donors (Lipinski definition) is 1. The predicted octanol–water partition coefficient (Wildman–Crippen LogP) is 0.953. The van der Waals surface area contributed by atoms with Crippen LogP contribution in [-0.2, 0) is 14.6 Å². The number of sulfone groups is 1. The van der Waals surface area contributed by atoms with Gasteiger partial charge in [-0.2, -0.15) is 0 Å². The normalized spacial score (nSPS) is 11.6. The molecule has 2 aromatic rings. The molecule has 0 amide bonds. The number of ketones is 1. The van der Waals surface area contributed by atoms with Crippen molar-refractivity contribution in [1.29, 1.82) is 0 Å². The van der Waals surface area contributed by atoms with Gasteiger partial charge in [0.2, 0.25) is 5.78 Å². The molecule has 0 radical (unpaired) electrons. The summed E-state index contributed by atoms with van der Waals surface area (Å²) in [6, 6.07) is 4.40. The highest BCUT2D eigenvalue weighted by molar-refractivity contribution is 7.90. The number of H-pyrrole nitrogens is 1. The van der Waals surface area contributed by atoms with Crippen molar-refractivity contribution < 1.29 is 18.0 Å². The van der Waals surface area contributed by atoms with E-state index in [1.165, 1.54) is 18.3 Å². The summed E-state index contributed by atoms with van der Waals surface area (Å²) in [5.41, 5.74) is 0.795. The number of aromatic nitrogens is 1. The van der Waals surface area contributed by atoms with E-state index in [4.69, 9.17) is 0 Å². The van der Waals surface area contributed by atoms with E-state index in [0.717, 1.165) is 6.26 Å². The van der Waals surface area contributed by atoms with Crippen molar-refractivity contribution in [3.8, 4) is 0 Å². The van der Waals surface area contributed by atoms with Gasteiger partial charge in [-0.1, -0.05) is 0 Å². The van der Waals surface area contributed by atoms with Crippen LogP contribution in [0, 0.1) is 0 Å². The molecule has 17 heavy (non-hydrogen) atoms. The lowest BCUT2D eigenvalue weighted by molar-refractivity contribution is -0.104. The molecule has 0 aliphatic heterocycles. The van der Waals surface area contributed by atoms with Gasteiger partial charge in [-0.25, -0.2) is 8.42 Å². The van der Waals surface area contributed by atoms with E-state index in [9.17, 15) is 18.0 Å². The monoisotopic (exact) mass is 251 g/mol. The van der Waals surface area contributed by atoms with Crippen LogP contribution in [0.15, 0.2) is 29.3 Å². The fourth-order valence-electron chi connectivity index (χ4n) is 1.60. The molecule has 1 aromatic carbocycles. The molecule has 0 spiro atoms. The lowest BCUT2D eigenvalue weighted by Crippen LogP contribution is -2.00. The van der Waals surface area contributed by atoms with Gasteiger partial charge in [-0.05, 0) is 18.2 Å². The summed E-state index contributed by atoms with van der Waals surface area (Å²) in [5, 5.41) is 0.435. The van der Waals surface area contributed by atoms with Gasteiger partial charge < -0.3 is 4.98 Å². The van der Waals surface area contributed by atoms with Crippen molar-refractivity contribution in [2.45, 2.75) is 4.90 Å². The summed E-state index contributed by atoms with van der Waals surface area (Å²) in [5.74, 6) is -0.679. The van der Waals surface area contributed by atoms with Crippen LogP contribution in [0.25, 0.3) is 10.9 Å². The molecule has 1 N–H and O–H groups in total. The molecular weight excluding hydrogens is 242 g/mol. The number of carbonyl (C=O) groups excluding carboxylic acids is 2. The molecule has 1 heterocycles.